The molecule has 6 aromatic carbocycles. The van der Waals surface area contributed by atoms with Gasteiger partial charge in [0, 0.05) is 56.0 Å². The number of nitrogens with zero attached hydrogens (tertiary/aromatic N) is 4. The number of aromatic nitrogens is 4. The molecular formula is C50H43N4Pt-. The summed E-state index contributed by atoms with van der Waals surface area (Å²) in [5, 5.41) is 2.32. The van der Waals surface area contributed by atoms with Gasteiger partial charge >= 0.3 is 0 Å². The Hall–Kier alpha value is -5.57. The SMILES string of the molecule is CC(C)n1[cH+]n(-c2[c-]c(C(c3[c-]c4c(cc3)c3ccccc3n4-c3cc(C(C)(C)C)ccn3)(c3ccccc3)c3ccccc3)ccc2)c2ccccc21.[Pt]. The molecule has 4 nitrogen and oxygen atoms in total. The summed E-state index contributed by atoms with van der Waals surface area (Å²) in [4.78, 5) is 4.98. The van der Waals surface area contributed by atoms with Crippen LogP contribution >= 0.6 is 0 Å². The second-order valence-corrected chi connectivity index (χ2v) is 15.5. The Labute approximate surface area is 338 Å². The normalized spacial score (nSPS) is 12.1. The van der Waals surface area contributed by atoms with Gasteiger partial charge in [0.25, 0.3) is 0 Å². The number of fused-ring (bicyclic) bond motifs is 4. The molecule has 0 radical (unpaired) electrons. The van der Waals surface area contributed by atoms with E-state index in [-0.39, 0.29) is 26.5 Å². The zero-order valence-corrected chi connectivity index (χ0v) is 34.0. The Bertz CT molecular complexity index is 2750. The molecule has 0 spiro atoms. The number of rotatable bonds is 7. The number of para-hydroxylation sites is 3. The molecule has 0 N–H and O–H groups in total. The number of pyridine rings is 1. The molecule has 0 unspecified atom stereocenters. The molecule has 3 aromatic heterocycles. The van der Waals surface area contributed by atoms with E-state index in [2.05, 4.69) is 218 Å². The molecular weight excluding hydrogens is 852 g/mol. The van der Waals surface area contributed by atoms with Crippen molar-refractivity contribution in [2.24, 2.45) is 0 Å². The van der Waals surface area contributed by atoms with E-state index in [9.17, 15) is 0 Å². The predicted molar refractivity (Wildman–Crippen MR) is 223 cm³/mol. The van der Waals surface area contributed by atoms with Crippen LogP contribution < -0.4 is 0 Å². The third-order valence-corrected chi connectivity index (χ3v) is 10.9. The Balaban J connectivity index is 0.00000427. The van der Waals surface area contributed by atoms with Crippen molar-refractivity contribution in [3.8, 4) is 11.5 Å². The van der Waals surface area contributed by atoms with E-state index in [0.29, 0.717) is 6.04 Å². The smallest absolute Gasteiger partial charge is 0.188 e. The number of imidazole rings is 1. The Morgan fingerprint density at radius 3 is 1.87 bits per heavy atom. The van der Waals surface area contributed by atoms with Gasteiger partial charge in [-0.15, -0.1) is 22.6 Å². The average Bonchev–Trinajstić information content (AvgIpc) is 3.76. The van der Waals surface area contributed by atoms with E-state index in [4.69, 9.17) is 4.98 Å². The van der Waals surface area contributed by atoms with Crippen molar-refractivity contribution in [3.63, 3.8) is 0 Å². The summed E-state index contributed by atoms with van der Waals surface area (Å²) >= 11 is 0. The predicted octanol–water partition coefficient (Wildman–Crippen LogP) is 12.1. The maximum Gasteiger partial charge on any atom is 0.188 e. The third kappa shape index (κ3) is 6.04. The van der Waals surface area contributed by atoms with Crippen LogP contribution in [0.25, 0.3) is 44.3 Å². The molecule has 0 saturated heterocycles. The minimum atomic E-state index is -0.758. The fourth-order valence-electron chi connectivity index (χ4n) is 8.22. The fraction of sp³-hybridized carbons (Fsp3) is 0.160. The van der Waals surface area contributed by atoms with Gasteiger partial charge in [-0.05, 0) is 71.7 Å². The second-order valence-electron chi connectivity index (χ2n) is 15.5. The summed E-state index contributed by atoms with van der Waals surface area (Å²) in [7, 11) is 0. The van der Waals surface area contributed by atoms with Gasteiger partial charge in [0.05, 0.1) is 6.04 Å². The van der Waals surface area contributed by atoms with Crippen LogP contribution in [0, 0.1) is 12.1 Å². The molecule has 0 fully saturated rings. The molecule has 0 aliphatic heterocycles. The van der Waals surface area contributed by atoms with Gasteiger partial charge in [-0.25, -0.2) is 14.1 Å². The molecule has 0 atom stereocenters. The van der Waals surface area contributed by atoms with Crippen molar-refractivity contribution >= 4 is 32.8 Å². The molecule has 3 heterocycles. The first-order valence-corrected chi connectivity index (χ1v) is 18.8. The first-order chi connectivity index (χ1) is 26.2. The van der Waals surface area contributed by atoms with E-state index >= 15 is 0 Å². The van der Waals surface area contributed by atoms with Crippen molar-refractivity contribution in [1.29, 1.82) is 0 Å². The molecule has 0 aliphatic rings. The zero-order valence-electron chi connectivity index (χ0n) is 31.8. The Morgan fingerprint density at radius 1 is 0.582 bits per heavy atom. The minimum absolute atomic E-state index is 0. The number of hydrogen-bond donors (Lipinski definition) is 0. The maximum atomic E-state index is 4.98. The van der Waals surface area contributed by atoms with Crippen molar-refractivity contribution in [2.45, 2.75) is 51.5 Å². The molecule has 9 rings (SSSR count). The largest absolute Gasteiger partial charge is 0.319 e. The van der Waals surface area contributed by atoms with Crippen LogP contribution in [-0.2, 0) is 31.9 Å². The average molecular weight is 895 g/mol. The Kier molecular flexibility index (Phi) is 9.43. The molecule has 274 valence electrons. The molecule has 0 aliphatic carbocycles. The van der Waals surface area contributed by atoms with E-state index in [1.54, 1.807) is 0 Å². The summed E-state index contributed by atoms with van der Waals surface area (Å²) in [5.74, 6) is 0.888. The van der Waals surface area contributed by atoms with Crippen LogP contribution in [-0.4, -0.2) is 18.7 Å². The summed E-state index contributed by atoms with van der Waals surface area (Å²) in [5.41, 5.74) is 10.2. The molecule has 0 bridgehead atoms. The van der Waals surface area contributed by atoms with Crippen LogP contribution in [0.4, 0.5) is 0 Å². The number of benzene rings is 6. The Morgan fingerprint density at radius 2 is 1.20 bits per heavy atom. The molecule has 0 saturated carbocycles. The van der Waals surface area contributed by atoms with E-state index < -0.39 is 5.41 Å². The summed E-state index contributed by atoms with van der Waals surface area (Å²) < 4.78 is 6.90. The first kappa shape index (κ1) is 36.4. The quantitative estimate of drug-likeness (QED) is 0.116. The minimum Gasteiger partial charge on any atom is -0.319 e. The van der Waals surface area contributed by atoms with Crippen molar-refractivity contribution in [2.75, 3.05) is 0 Å². The van der Waals surface area contributed by atoms with E-state index in [1.807, 2.05) is 6.20 Å². The van der Waals surface area contributed by atoms with Crippen LogP contribution in [0.3, 0.4) is 0 Å². The maximum absolute atomic E-state index is 4.98. The summed E-state index contributed by atoms with van der Waals surface area (Å²) in [6, 6.07) is 62.8. The van der Waals surface area contributed by atoms with Crippen molar-refractivity contribution in [3.05, 3.63) is 204 Å². The standard InChI is InChI=1S/C50H43N4.Pt/c1-35(2)52-34-53(46-26-15-14-25-45(46)52)41-22-16-21-39(31-41)50(36-17-8-6-9-18-36,37-19-10-7-11-20-37)40-27-28-43-42-23-12-13-24-44(42)54(47(43)32-40)48-33-38(29-30-51-48)49(3,4)5;/h6-30,33-35H,1-5H3;/q-1;. The van der Waals surface area contributed by atoms with E-state index in [0.717, 1.165) is 55.7 Å². The van der Waals surface area contributed by atoms with Gasteiger partial charge in [0.2, 0.25) is 0 Å². The van der Waals surface area contributed by atoms with Gasteiger partial charge in [0.1, 0.15) is 5.82 Å². The van der Waals surface area contributed by atoms with Gasteiger partial charge in [0.15, 0.2) is 17.4 Å². The summed E-state index contributed by atoms with van der Waals surface area (Å²) in [6.45, 7) is 11.2. The topological polar surface area (TPSA) is 27.7 Å². The fourth-order valence-corrected chi connectivity index (χ4v) is 8.22. The third-order valence-electron chi connectivity index (χ3n) is 10.9. The molecule has 0 amide bonds. The van der Waals surface area contributed by atoms with Crippen molar-refractivity contribution < 1.29 is 21.1 Å². The van der Waals surface area contributed by atoms with E-state index in [1.165, 1.54) is 16.5 Å². The first-order valence-electron chi connectivity index (χ1n) is 18.8. The molecule has 9 aromatic rings. The van der Waals surface area contributed by atoms with Crippen LogP contribution in [0.15, 0.2) is 164 Å². The second kappa shape index (κ2) is 14.3. The van der Waals surface area contributed by atoms with Gasteiger partial charge in [-0.2, -0.15) is 30.3 Å². The zero-order chi connectivity index (χ0) is 37.0. The monoisotopic (exact) mass is 894 g/mol. The van der Waals surface area contributed by atoms with Gasteiger partial charge in [-0.3, -0.25) is 0 Å². The van der Waals surface area contributed by atoms with Crippen LogP contribution in [0.1, 0.15) is 68.5 Å². The number of hydrogen-bond acceptors (Lipinski definition) is 1. The molecule has 55 heavy (non-hydrogen) atoms. The molecule has 5 heteroatoms. The van der Waals surface area contributed by atoms with Crippen LogP contribution in [0.5, 0.6) is 0 Å². The van der Waals surface area contributed by atoms with Gasteiger partial charge in [-0.1, -0.05) is 111 Å². The van der Waals surface area contributed by atoms with Crippen LogP contribution in [0.2, 0.25) is 0 Å². The van der Waals surface area contributed by atoms with Gasteiger partial charge < -0.3 is 4.57 Å². The van der Waals surface area contributed by atoms with Crippen molar-refractivity contribution in [1.82, 2.24) is 18.7 Å². The summed E-state index contributed by atoms with van der Waals surface area (Å²) in [6.07, 6.45) is 4.15.